The highest BCUT2D eigenvalue weighted by atomic mass is 32.2. The zero-order chi connectivity index (χ0) is 13.7. The fraction of sp³-hybridized carbons (Fsp3) is 0.800. The number of hydrogen-bond donors (Lipinski definition) is 2. The molecule has 17 heavy (non-hydrogen) atoms. The number of carboxylic acid groups (broad SMARTS) is 1. The third-order valence-corrected chi connectivity index (χ3v) is 4.19. The van der Waals surface area contributed by atoms with E-state index in [1.807, 2.05) is 0 Å². The highest BCUT2D eigenvalue weighted by molar-refractivity contribution is 7.92. The fourth-order valence-electron chi connectivity index (χ4n) is 1.22. The van der Waals surface area contributed by atoms with Crippen LogP contribution >= 0.6 is 0 Å². The van der Waals surface area contributed by atoms with Crippen molar-refractivity contribution in [1.29, 1.82) is 0 Å². The van der Waals surface area contributed by atoms with Crippen LogP contribution in [0.1, 0.15) is 33.6 Å². The summed E-state index contributed by atoms with van der Waals surface area (Å²) in [5.41, 5.74) is -1.42. The lowest BCUT2D eigenvalue weighted by molar-refractivity contribution is -0.146. The minimum absolute atomic E-state index is 0.0731. The first kappa shape index (κ1) is 15.9. The van der Waals surface area contributed by atoms with E-state index in [9.17, 15) is 18.0 Å². The molecule has 1 atom stereocenters. The molecule has 0 aromatic heterocycles. The first-order chi connectivity index (χ1) is 7.67. The van der Waals surface area contributed by atoms with Crippen molar-refractivity contribution in [2.45, 2.75) is 39.2 Å². The molecular formula is C10H19NO5S. The highest BCUT2D eigenvalue weighted by Gasteiger charge is 2.33. The first-order valence-corrected chi connectivity index (χ1v) is 7.24. The number of carbonyl (C=O) groups is 2. The average molecular weight is 265 g/mol. The van der Waals surface area contributed by atoms with Crippen molar-refractivity contribution in [1.82, 2.24) is 5.32 Å². The maximum absolute atomic E-state index is 11.5. The summed E-state index contributed by atoms with van der Waals surface area (Å²) in [4.78, 5) is 22.4. The normalized spacial score (nSPS) is 15.0. The van der Waals surface area contributed by atoms with Gasteiger partial charge < -0.3 is 10.4 Å². The summed E-state index contributed by atoms with van der Waals surface area (Å²) in [6.45, 7) is 4.65. The number of sulfone groups is 1. The predicted molar refractivity (Wildman–Crippen MR) is 63.4 cm³/mol. The van der Waals surface area contributed by atoms with Gasteiger partial charge in [-0.15, -0.1) is 0 Å². The van der Waals surface area contributed by atoms with Gasteiger partial charge in [0.15, 0.2) is 9.84 Å². The van der Waals surface area contributed by atoms with Gasteiger partial charge in [0.2, 0.25) is 5.91 Å². The van der Waals surface area contributed by atoms with E-state index in [1.165, 1.54) is 6.92 Å². The van der Waals surface area contributed by atoms with Crippen LogP contribution < -0.4 is 5.32 Å². The third kappa shape index (κ3) is 5.16. The van der Waals surface area contributed by atoms with Gasteiger partial charge in [-0.2, -0.15) is 0 Å². The van der Waals surface area contributed by atoms with Crippen molar-refractivity contribution < 1.29 is 23.1 Å². The monoisotopic (exact) mass is 265 g/mol. The van der Waals surface area contributed by atoms with Crippen molar-refractivity contribution >= 4 is 21.7 Å². The summed E-state index contributed by atoms with van der Waals surface area (Å²) >= 11 is 0. The molecule has 0 aliphatic heterocycles. The second-order valence-electron chi connectivity index (χ2n) is 4.13. The number of aliphatic carboxylic acids is 1. The Balaban J connectivity index is 4.61. The highest BCUT2D eigenvalue weighted by Crippen LogP contribution is 2.09. The summed E-state index contributed by atoms with van der Waals surface area (Å²) in [6, 6.07) is 0. The van der Waals surface area contributed by atoms with Crippen molar-refractivity contribution in [3.63, 3.8) is 0 Å². The molecule has 0 spiro atoms. The molecule has 1 unspecified atom stereocenters. The van der Waals surface area contributed by atoms with E-state index in [0.29, 0.717) is 6.42 Å². The van der Waals surface area contributed by atoms with Crippen LogP contribution in [0.2, 0.25) is 0 Å². The quantitative estimate of drug-likeness (QED) is 0.684. The van der Waals surface area contributed by atoms with Crippen LogP contribution in [0.3, 0.4) is 0 Å². The SMILES string of the molecule is CCCS(=O)(=O)CC(=O)NC(C)(CC)C(=O)O. The molecule has 1 amide bonds. The standard InChI is InChI=1S/C10H19NO5S/c1-4-6-17(15,16)7-8(12)11-10(3,5-2)9(13)14/h4-7H2,1-3H3,(H,11,12)(H,13,14). The van der Waals surface area contributed by atoms with Gasteiger partial charge in [-0.1, -0.05) is 13.8 Å². The molecule has 0 heterocycles. The molecule has 0 rings (SSSR count). The molecule has 0 aliphatic carbocycles. The molecule has 100 valence electrons. The van der Waals surface area contributed by atoms with E-state index in [-0.39, 0.29) is 12.2 Å². The Morgan fingerprint density at radius 2 is 1.82 bits per heavy atom. The van der Waals surface area contributed by atoms with Gasteiger partial charge in [-0.05, 0) is 19.8 Å². The van der Waals surface area contributed by atoms with E-state index < -0.39 is 33.0 Å². The Labute approximate surface area is 101 Å². The van der Waals surface area contributed by atoms with Gasteiger partial charge in [0.05, 0.1) is 5.75 Å². The molecular weight excluding hydrogens is 246 g/mol. The van der Waals surface area contributed by atoms with E-state index in [2.05, 4.69) is 5.32 Å². The maximum Gasteiger partial charge on any atom is 0.329 e. The van der Waals surface area contributed by atoms with Crippen molar-refractivity contribution in [3.05, 3.63) is 0 Å². The summed E-state index contributed by atoms with van der Waals surface area (Å²) in [5, 5.41) is 11.2. The summed E-state index contributed by atoms with van der Waals surface area (Å²) in [6.07, 6.45) is 0.613. The Morgan fingerprint density at radius 1 is 1.29 bits per heavy atom. The van der Waals surface area contributed by atoms with Gasteiger partial charge >= 0.3 is 5.97 Å². The van der Waals surface area contributed by atoms with Crippen molar-refractivity contribution in [2.75, 3.05) is 11.5 Å². The molecule has 0 fully saturated rings. The zero-order valence-electron chi connectivity index (χ0n) is 10.3. The first-order valence-electron chi connectivity index (χ1n) is 5.41. The van der Waals surface area contributed by atoms with Gasteiger partial charge in [-0.25, -0.2) is 13.2 Å². The lowest BCUT2D eigenvalue weighted by atomic mass is 9.99. The van der Waals surface area contributed by atoms with E-state index in [0.717, 1.165) is 0 Å². The molecule has 0 saturated heterocycles. The van der Waals surface area contributed by atoms with Crippen LogP contribution in [0.25, 0.3) is 0 Å². The van der Waals surface area contributed by atoms with Gasteiger partial charge in [0.1, 0.15) is 11.3 Å². The summed E-state index contributed by atoms with van der Waals surface area (Å²) in [7, 11) is -3.44. The summed E-state index contributed by atoms with van der Waals surface area (Å²) < 4.78 is 22.8. The van der Waals surface area contributed by atoms with Crippen LogP contribution in [0.15, 0.2) is 0 Å². The number of rotatable bonds is 7. The Morgan fingerprint density at radius 3 is 2.18 bits per heavy atom. The van der Waals surface area contributed by atoms with Crippen molar-refractivity contribution in [3.8, 4) is 0 Å². The Kier molecular flexibility index (Phi) is 5.60. The molecule has 0 bridgehead atoms. The largest absolute Gasteiger partial charge is 0.480 e. The smallest absolute Gasteiger partial charge is 0.329 e. The van der Waals surface area contributed by atoms with E-state index in [1.54, 1.807) is 13.8 Å². The van der Waals surface area contributed by atoms with Crippen LogP contribution in [0, 0.1) is 0 Å². The Hall–Kier alpha value is -1.11. The topological polar surface area (TPSA) is 101 Å². The maximum atomic E-state index is 11.5. The van der Waals surface area contributed by atoms with Gasteiger partial charge in [0.25, 0.3) is 0 Å². The Bertz CT molecular complexity index is 390. The molecule has 0 aliphatic rings. The second kappa shape index (κ2) is 6.00. The molecule has 0 saturated carbocycles. The van der Waals surface area contributed by atoms with Crippen LogP contribution in [-0.2, 0) is 19.4 Å². The zero-order valence-corrected chi connectivity index (χ0v) is 11.1. The van der Waals surface area contributed by atoms with Gasteiger partial charge in [0, 0.05) is 0 Å². The molecule has 6 nitrogen and oxygen atoms in total. The fourth-order valence-corrected chi connectivity index (χ4v) is 2.46. The predicted octanol–water partition coefficient (Wildman–Crippen LogP) is 0.181. The van der Waals surface area contributed by atoms with Crippen LogP contribution in [0.4, 0.5) is 0 Å². The number of carboxylic acids is 1. The van der Waals surface area contributed by atoms with Crippen molar-refractivity contribution in [2.24, 2.45) is 0 Å². The number of nitrogens with one attached hydrogen (secondary N) is 1. The van der Waals surface area contributed by atoms with Crippen LogP contribution in [0.5, 0.6) is 0 Å². The number of carbonyl (C=O) groups excluding carboxylic acids is 1. The molecule has 0 aromatic carbocycles. The molecule has 0 radical (unpaired) electrons. The average Bonchev–Trinajstić information content (AvgIpc) is 2.15. The second-order valence-corrected chi connectivity index (χ2v) is 6.32. The minimum atomic E-state index is -3.44. The minimum Gasteiger partial charge on any atom is -0.480 e. The lowest BCUT2D eigenvalue weighted by Crippen LogP contribution is -2.53. The lowest BCUT2D eigenvalue weighted by Gasteiger charge is -2.24. The van der Waals surface area contributed by atoms with E-state index in [4.69, 9.17) is 5.11 Å². The third-order valence-electron chi connectivity index (χ3n) is 2.46. The van der Waals surface area contributed by atoms with Gasteiger partial charge in [-0.3, -0.25) is 4.79 Å². The summed E-state index contributed by atoms with van der Waals surface area (Å²) in [5.74, 6) is -2.69. The molecule has 0 aromatic rings. The number of hydrogen-bond acceptors (Lipinski definition) is 4. The molecule has 2 N–H and O–H groups in total. The van der Waals surface area contributed by atoms with E-state index >= 15 is 0 Å². The van der Waals surface area contributed by atoms with Crippen LogP contribution in [-0.4, -0.2) is 42.4 Å². The number of amides is 1. The molecule has 7 heteroatoms.